The molecular weight excluding hydrogens is 838 g/mol. The lowest BCUT2D eigenvalue weighted by atomic mass is 10.0. The number of phosphoric acid groups is 2. The molecule has 0 fully saturated rings. The van der Waals surface area contributed by atoms with Crippen LogP contribution < -0.4 is 0 Å². The molecule has 0 saturated heterocycles. The fourth-order valence-electron chi connectivity index (χ4n) is 5.75. The van der Waals surface area contributed by atoms with Gasteiger partial charge in [0, 0.05) is 12.8 Å². The Bertz CT molecular complexity index is 1390. The molecule has 0 aliphatic rings. The number of unbranched alkanes of at least 4 members (excludes halogenated alkanes) is 14. The lowest BCUT2D eigenvalue weighted by molar-refractivity contribution is -0.161. The second kappa shape index (κ2) is 41.2. The zero-order chi connectivity index (χ0) is 46.0. The fraction of sp³-hybridized carbons (Fsp3) is 0.696. The molecule has 14 nitrogen and oxygen atoms in total. The molecule has 62 heavy (non-hydrogen) atoms. The maximum Gasteiger partial charge on any atom is 0.472 e. The minimum atomic E-state index is -4.89. The Balaban J connectivity index is 4.73. The predicted octanol–water partition coefficient (Wildman–Crippen LogP) is 10.8. The van der Waals surface area contributed by atoms with E-state index in [0.29, 0.717) is 6.42 Å². The third-order valence-corrected chi connectivity index (χ3v) is 10.7. The molecule has 0 amide bonds. The zero-order valence-corrected chi connectivity index (χ0v) is 39.3. The molecule has 16 heteroatoms. The maximum atomic E-state index is 12.7. The number of hydrogen-bond acceptors (Lipinski definition) is 11. The summed E-state index contributed by atoms with van der Waals surface area (Å²) in [6.07, 6.45) is 42.2. The molecule has 0 radical (unpaired) electrons. The summed E-state index contributed by atoms with van der Waals surface area (Å²) in [6, 6.07) is 0. The second-order valence-corrected chi connectivity index (χ2v) is 17.8. The molecule has 358 valence electrons. The van der Waals surface area contributed by atoms with Gasteiger partial charge in [-0.1, -0.05) is 177 Å². The highest BCUT2D eigenvalue weighted by Crippen LogP contribution is 2.43. The molecule has 0 heterocycles. The third-order valence-electron chi connectivity index (χ3n) is 9.22. The Kier molecular flexibility index (Phi) is 39.6. The summed E-state index contributed by atoms with van der Waals surface area (Å²) >= 11 is 0. The average Bonchev–Trinajstić information content (AvgIpc) is 3.23. The van der Waals surface area contributed by atoms with Crippen molar-refractivity contribution in [2.45, 2.75) is 180 Å². The van der Waals surface area contributed by atoms with Crippen LogP contribution in [0.5, 0.6) is 0 Å². The molecule has 0 spiro atoms. The summed E-state index contributed by atoms with van der Waals surface area (Å²) < 4.78 is 47.6. The Morgan fingerprint density at radius 2 is 1.00 bits per heavy atom. The van der Waals surface area contributed by atoms with E-state index in [-0.39, 0.29) is 19.3 Å². The number of carbonyl (C=O) groups excluding carboxylic acids is 2. The quantitative estimate of drug-likeness (QED) is 0.0127. The molecule has 0 aliphatic heterocycles. The molecule has 4 atom stereocenters. The summed E-state index contributed by atoms with van der Waals surface area (Å²) in [6.45, 7) is 1.38. The van der Waals surface area contributed by atoms with Gasteiger partial charge in [0.15, 0.2) is 6.10 Å². The first-order valence-corrected chi connectivity index (χ1v) is 25.8. The minimum absolute atomic E-state index is 0.0166. The monoisotopic (exact) mass is 919 g/mol. The van der Waals surface area contributed by atoms with E-state index < -0.39 is 72.3 Å². The van der Waals surface area contributed by atoms with Crippen LogP contribution in [0, 0.1) is 0 Å². The SMILES string of the molecule is CC/C=C\C/C=C\C/C=C\C/C=C\C/C=C\C=C/C(O)CCC(=O)O[C@H](COC(=O)CCCCCCCCCCCCCCCCC)COP(=O)(O)OC[C@@H](O)COP(=O)(O)O. The van der Waals surface area contributed by atoms with Gasteiger partial charge >= 0.3 is 27.6 Å². The van der Waals surface area contributed by atoms with Crippen LogP contribution in [0.3, 0.4) is 0 Å². The summed E-state index contributed by atoms with van der Waals surface area (Å²) in [5, 5.41) is 20.1. The third kappa shape index (κ3) is 44.1. The zero-order valence-electron chi connectivity index (χ0n) is 37.6. The van der Waals surface area contributed by atoms with Gasteiger partial charge in [-0.15, -0.1) is 0 Å². The highest BCUT2D eigenvalue weighted by Gasteiger charge is 2.28. The van der Waals surface area contributed by atoms with Gasteiger partial charge < -0.3 is 34.4 Å². The number of aliphatic hydroxyl groups is 2. The van der Waals surface area contributed by atoms with Gasteiger partial charge in [0.1, 0.15) is 12.7 Å². The molecular formula is C46H80O14P2. The molecule has 0 bridgehead atoms. The van der Waals surface area contributed by atoms with Gasteiger partial charge in [-0.3, -0.25) is 23.2 Å². The first kappa shape index (κ1) is 59.5. The standard InChI is InChI=1S/C46H80O14P2/c1-3-5-7-9-11-13-15-17-19-21-22-24-26-28-30-32-34-42(47)36-37-46(50)60-44(41-59-62(54,55)58-39-43(48)38-57-61(51,52)53)40-56-45(49)35-33-31-29-27-25-23-20-18-16-14-12-10-8-6-4-2/h5,7,11,13,17,19,22,24,28,30,32,34,42-44,47-48H,3-4,6,8-10,12,14-16,18,20-21,23,25-27,29,31,33,35-41H2,1-2H3,(H,54,55)(H2,51,52,53)/b7-5-,13-11-,19-17-,24-22-,30-28-,34-32-/t42?,43-,44+/m0/s1. The van der Waals surface area contributed by atoms with E-state index in [0.717, 1.165) is 51.4 Å². The van der Waals surface area contributed by atoms with Gasteiger partial charge in [0.05, 0.1) is 25.9 Å². The van der Waals surface area contributed by atoms with E-state index in [1.165, 1.54) is 76.7 Å². The van der Waals surface area contributed by atoms with Crippen LogP contribution in [0.15, 0.2) is 72.9 Å². The fourth-order valence-corrected chi connectivity index (χ4v) is 6.91. The van der Waals surface area contributed by atoms with Crippen molar-refractivity contribution in [3.8, 4) is 0 Å². The number of aliphatic hydroxyl groups excluding tert-OH is 2. The van der Waals surface area contributed by atoms with Gasteiger partial charge in [-0.2, -0.15) is 0 Å². The van der Waals surface area contributed by atoms with Gasteiger partial charge in [0.25, 0.3) is 0 Å². The number of carbonyl (C=O) groups is 2. The van der Waals surface area contributed by atoms with Crippen LogP contribution in [-0.4, -0.2) is 81.6 Å². The molecule has 5 N–H and O–H groups in total. The summed E-state index contributed by atoms with van der Waals surface area (Å²) in [7, 11) is -9.77. The van der Waals surface area contributed by atoms with Crippen LogP contribution in [0.2, 0.25) is 0 Å². The normalized spacial score (nSPS) is 15.1. The lowest BCUT2D eigenvalue weighted by Gasteiger charge is -2.20. The van der Waals surface area contributed by atoms with E-state index in [1.807, 2.05) is 12.2 Å². The molecule has 2 unspecified atom stereocenters. The van der Waals surface area contributed by atoms with Crippen LogP contribution >= 0.6 is 15.6 Å². The smallest absolute Gasteiger partial charge is 0.462 e. The number of ether oxygens (including phenoxy) is 2. The summed E-state index contributed by atoms with van der Waals surface area (Å²) in [4.78, 5) is 52.8. The summed E-state index contributed by atoms with van der Waals surface area (Å²) in [5.41, 5.74) is 0. The van der Waals surface area contributed by atoms with E-state index >= 15 is 0 Å². The van der Waals surface area contributed by atoms with Crippen molar-refractivity contribution in [1.82, 2.24) is 0 Å². The van der Waals surface area contributed by atoms with E-state index in [4.69, 9.17) is 23.8 Å². The Morgan fingerprint density at radius 3 is 1.52 bits per heavy atom. The molecule has 0 saturated carbocycles. The molecule has 0 rings (SSSR count). The maximum absolute atomic E-state index is 12.7. The minimum Gasteiger partial charge on any atom is -0.462 e. The lowest BCUT2D eigenvalue weighted by Crippen LogP contribution is -2.30. The van der Waals surface area contributed by atoms with Crippen LogP contribution in [0.25, 0.3) is 0 Å². The van der Waals surface area contributed by atoms with Crippen molar-refractivity contribution in [3.63, 3.8) is 0 Å². The number of esters is 2. The largest absolute Gasteiger partial charge is 0.472 e. The number of allylic oxidation sites excluding steroid dienone is 11. The van der Waals surface area contributed by atoms with Crippen LogP contribution in [0.4, 0.5) is 0 Å². The van der Waals surface area contributed by atoms with E-state index in [1.54, 1.807) is 12.2 Å². The Hall–Kier alpha value is -2.48. The Morgan fingerprint density at radius 1 is 0.532 bits per heavy atom. The van der Waals surface area contributed by atoms with Gasteiger partial charge in [-0.05, 0) is 44.9 Å². The number of rotatable bonds is 42. The molecule has 0 aliphatic carbocycles. The van der Waals surface area contributed by atoms with Crippen molar-refractivity contribution in [2.75, 3.05) is 26.4 Å². The van der Waals surface area contributed by atoms with Gasteiger partial charge in [0.2, 0.25) is 0 Å². The van der Waals surface area contributed by atoms with Gasteiger partial charge in [-0.25, -0.2) is 9.13 Å². The predicted molar refractivity (Wildman–Crippen MR) is 245 cm³/mol. The van der Waals surface area contributed by atoms with E-state index in [2.05, 4.69) is 65.4 Å². The Labute approximate surface area is 372 Å². The second-order valence-electron chi connectivity index (χ2n) is 15.2. The highest BCUT2D eigenvalue weighted by atomic mass is 31.2. The summed E-state index contributed by atoms with van der Waals surface area (Å²) in [5.74, 6) is -1.31. The first-order chi connectivity index (χ1) is 29.8. The van der Waals surface area contributed by atoms with Crippen molar-refractivity contribution in [2.24, 2.45) is 0 Å². The number of phosphoric ester groups is 2. The van der Waals surface area contributed by atoms with Crippen LogP contribution in [0.1, 0.15) is 162 Å². The van der Waals surface area contributed by atoms with Crippen molar-refractivity contribution in [3.05, 3.63) is 72.9 Å². The molecule has 0 aromatic carbocycles. The molecule has 0 aromatic rings. The molecule has 0 aromatic heterocycles. The van der Waals surface area contributed by atoms with Crippen molar-refractivity contribution >= 4 is 27.6 Å². The highest BCUT2D eigenvalue weighted by molar-refractivity contribution is 7.47. The van der Waals surface area contributed by atoms with Crippen molar-refractivity contribution in [1.29, 1.82) is 0 Å². The van der Waals surface area contributed by atoms with E-state index in [9.17, 15) is 33.8 Å². The first-order valence-electron chi connectivity index (χ1n) is 22.7. The number of hydrogen-bond donors (Lipinski definition) is 5. The average molecular weight is 919 g/mol. The van der Waals surface area contributed by atoms with Crippen LogP contribution in [-0.2, 0) is 41.8 Å². The topological polar surface area (TPSA) is 216 Å². The van der Waals surface area contributed by atoms with Crippen molar-refractivity contribution < 1.29 is 66.7 Å².